The van der Waals surface area contributed by atoms with Gasteiger partial charge in [-0.1, -0.05) is 12.1 Å². The Morgan fingerprint density at radius 2 is 1.90 bits per heavy atom. The van der Waals surface area contributed by atoms with Gasteiger partial charge in [0.1, 0.15) is 11.9 Å². The molecular weight excluding hydrogens is 294 g/mol. The molecule has 2 rings (SSSR count). The van der Waals surface area contributed by atoms with Crippen molar-refractivity contribution in [3.05, 3.63) is 35.6 Å². The second-order valence-electron chi connectivity index (χ2n) is 4.96. The second kappa shape index (κ2) is 5.01. The van der Waals surface area contributed by atoms with Crippen molar-refractivity contribution >= 4 is 11.9 Å². The SMILES string of the molecule is O=C(O)C1(Cc2ccc(F)cc2)CC(C(F)(F)F)NC1=O. The number of carbonyl (C=O) groups excluding carboxylic acids is 1. The van der Waals surface area contributed by atoms with Gasteiger partial charge in [-0.25, -0.2) is 4.39 Å². The van der Waals surface area contributed by atoms with Crippen LogP contribution < -0.4 is 5.32 Å². The summed E-state index contributed by atoms with van der Waals surface area (Å²) in [5, 5.41) is 10.9. The van der Waals surface area contributed by atoms with Gasteiger partial charge in [-0.05, 0) is 24.1 Å². The first kappa shape index (κ1) is 15.3. The Hall–Kier alpha value is -2.12. The highest BCUT2D eigenvalue weighted by molar-refractivity contribution is 6.04. The molecule has 21 heavy (non-hydrogen) atoms. The summed E-state index contributed by atoms with van der Waals surface area (Å²) in [7, 11) is 0. The molecule has 0 spiro atoms. The van der Waals surface area contributed by atoms with E-state index in [2.05, 4.69) is 0 Å². The van der Waals surface area contributed by atoms with Crippen LogP contribution in [0.4, 0.5) is 17.6 Å². The molecule has 0 saturated carbocycles. The third kappa shape index (κ3) is 2.84. The fourth-order valence-corrected chi connectivity index (χ4v) is 2.35. The first-order chi connectivity index (χ1) is 9.65. The number of hydrogen-bond acceptors (Lipinski definition) is 2. The predicted octanol–water partition coefficient (Wildman–Crippen LogP) is 1.89. The number of carboxylic acids is 1. The van der Waals surface area contributed by atoms with Gasteiger partial charge in [-0.15, -0.1) is 0 Å². The minimum Gasteiger partial charge on any atom is -0.480 e. The van der Waals surface area contributed by atoms with Gasteiger partial charge in [0.2, 0.25) is 5.91 Å². The molecular formula is C13H11F4NO3. The smallest absolute Gasteiger partial charge is 0.408 e. The van der Waals surface area contributed by atoms with Crippen molar-refractivity contribution in [2.75, 3.05) is 0 Å². The topological polar surface area (TPSA) is 66.4 Å². The number of aliphatic carboxylic acids is 1. The number of nitrogens with one attached hydrogen (secondary N) is 1. The minimum absolute atomic E-state index is 0.275. The van der Waals surface area contributed by atoms with Crippen molar-refractivity contribution < 1.29 is 32.3 Å². The fraction of sp³-hybridized carbons (Fsp3) is 0.385. The molecule has 1 aliphatic heterocycles. The van der Waals surface area contributed by atoms with Crippen LogP contribution in [0.2, 0.25) is 0 Å². The molecule has 1 aromatic rings. The lowest BCUT2D eigenvalue weighted by atomic mass is 9.79. The summed E-state index contributed by atoms with van der Waals surface area (Å²) in [5.41, 5.74) is -1.92. The Balaban J connectivity index is 2.32. The van der Waals surface area contributed by atoms with Crippen LogP contribution in [-0.4, -0.2) is 29.2 Å². The molecule has 1 heterocycles. The van der Waals surface area contributed by atoms with Crippen LogP contribution in [-0.2, 0) is 16.0 Å². The molecule has 1 aliphatic rings. The van der Waals surface area contributed by atoms with Crippen LogP contribution in [0.1, 0.15) is 12.0 Å². The molecule has 1 amide bonds. The molecule has 2 N–H and O–H groups in total. The van der Waals surface area contributed by atoms with Crippen LogP contribution in [0.15, 0.2) is 24.3 Å². The van der Waals surface area contributed by atoms with Gasteiger partial charge in [0.15, 0.2) is 5.41 Å². The summed E-state index contributed by atoms with van der Waals surface area (Å²) in [5.74, 6) is -3.37. The summed E-state index contributed by atoms with van der Waals surface area (Å²) in [6.45, 7) is 0. The standard InChI is InChI=1S/C13H11F4NO3/c14-8-3-1-7(2-4-8)5-12(11(20)21)6-9(13(15,16)17)18-10(12)19/h1-4,9H,5-6H2,(H,18,19)(H,20,21). The predicted molar refractivity (Wildman–Crippen MR) is 62.8 cm³/mol. The van der Waals surface area contributed by atoms with Gasteiger partial charge in [0.25, 0.3) is 0 Å². The summed E-state index contributed by atoms with van der Waals surface area (Å²) in [6, 6.07) is 2.40. The van der Waals surface area contributed by atoms with Gasteiger partial charge in [-0.3, -0.25) is 9.59 Å². The van der Waals surface area contributed by atoms with E-state index >= 15 is 0 Å². The van der Waals surface area contributed by atoms with Gasteiger partial charge in [0.05, 0.1) is 0 Å². The maximum absolute atomic E-state index is 12.8. The van der Waals surface area contributed by atoms with Crippen LogP contribution in [0.25, 0.3) is 0 Å². The lowest BCUT2D eigenvalue weighted by Crippen LogP contribution is -2.41. The van der Waals surface area contributed by atoms with E-state index in [1.165, 1.54) is 12.1 Å². The van der Waals surface area contributed by atoms with E-state index in [1.807, 2.05) is 0 Å². The van der Waals surface area contributed by atoms with Crippen molar-refractivity contribution in [1.82, 2.24) is 5.32 Å². The molecule has 1 saturated heterocycles. The van der Waals surface area contributed by atoms with E-state index in [0.29, 0.717) is 0 Å². The number of rotatable bonds is 3. The first-order valence-corrected chi connectivity index (χ1v) is 6.01. The highest BCUT2D eigenvalue weighted by Gasteiger charge is 2.59. The van der Waals surface area contributed by atoms with Gasteiger partial charge < -0.3 is 10.4 Å². The number of hydrogen-bond donors (Lipinski definition) is 2. The number of alkyl halides is 3. The normalized spacial score (nSPS) is 25.7. The maximum Gasteiger partial charge on any atom is 0.408 e. The Morgan fingerprint density at radius 3 is 2.33 bits per heavy atom. The maximum atomic E-state index is 12.8. The Morgan fingerprint density at radius 1 is 1.33 bits per heavy atom. The quantitative estimate of drug-likeness (QED) is 0.662. The van der Waals surface area contributed by atoms with Crippen molar-refractivity contribution in [3.8, 4) is 0 Å². The minimum atomic E-state index is -4.71. The number of halogens is 4. The molecule has 0 radical (unpaired) electrons. The summed E-state index contributed by atoms with van der Waals surface area (Å²) < 4.78 is 50.8. The van der Waals surface area contributed by atoms with Crippen molar-refractivity contribution in [3.63, 3.8) is 0 Å². The largest absolute Gasteiger partial charge is 0.480 e. The number of carboxylic acid groups (broad SMARTS) is 1. The van der Waals surface area contributed by atoms with E-state index in [0.717, 1.165) is 12.1 Å². The monoisotopic (exact) mass is 305 g/mol. The number of carbonyl (C=O) groups is 2. The van der Waals surface area contributed by atoms with Gasteiger partial charge >= 0.3 is 12.1 Å². The molecule has 0 bridgehead atoms. The van der Waals surface area contributed by atoms with Crippen LogP contribution >= 0.6 is 0 Å². The van der Waals surface area contributed by atoms with Crippen molar-refractivity contribution in [1.29, 1.82) is 0 Å². The fourth-order valence-electron chi connectivity index (χ4n) is 2.35. The van der Waals surface area contributed by atoms with Crippen molar-refractivity contribution in [2.45, 2.75) is 25.1 Å². The first-order valence-electron chi connectivity index (χ1n) is 6.01. The summed E-state index contributed by atoms with van der Waals surface area (Å²) in [4.78, 5) is 23.2. The van der Waals surface area contributed by atoms with E-state index in [4.69, 9.17) is 0 Å². The molecule has 4 nitrogen and oxygen atoms in total. The summed E-state index contributed by atoms with van der Waals surface area (Å²) >= 11 is 0. The third-order valence-corrected chi connectivity index (χ3v) is 3.52. The zero-order valence-corrected chi connectivity index (χ0v) is 10.6. The number of amides is 1. The number of benzene rings is 1. The molecule has 2 unspecified atom stereocenters. The Labute approximate surface area is 116 Å². The highest BCUT2D eigenvalue weighted by Crippen LogP contribution is 2.40. The van der Waals surface area contributed by atoms with E-state index in [-0.39, 0.29) is 5.56 Å². The molecule has 1 aromatic carbocycles. The molecule has 114 valence electrons. The zero-order valence-electron chi connectivity index (χ0n) is 10.6. The lowest BCUT2D eigenvalue weighted by molar-refractivity contribution is -0.157. The molecule has 0 aliphatic carbocycles. The summed E-state index contributed by atoms with van der Waals surface area (Å²) in [6.07, 6.45) is -6.03. The molecule has 1 fully saturated rings. The van der Waals surface area contributed by atoms with E-state index in [1.54, 1.807) is 5.32 Å². The van der Waals surface area contributed by atoms with Crippen LogP contribution in [0.3, 0.4) is 0 Å². The van der Waals surface area contributed by atoms with E-state index in [9.17, 15) is 32.3 Å². The second-order valence-corrected chi connectivity index (χ2v) is 4.96. The highest BCUT2D eigenvalue weighted by atomic mass is 19.4. The van der Waals surface area contributed by atoms with Gasteiger partial charge in [-0.2, -0.15) is 13.2 Å². The van der Waals surface area contributed by atoms with Crippen LogP contribution in [0.5, 0.6) is 0 Å². The van der Waals surface area contributed by atoms with Crippen LogP contribution in [0, 0.1) is 11.2 Å². The van der Waals surface area contributed by atoms with Crippen molar-refractivity contribution in [2.24, 2.45) is 5.41 Å². The molecule has 2 atom stereocenters. The Kier molecular flexibility index (Phi) is 3.65. The third-order valence-electron chi connectivity index (χ3n) is 3.52. The Bertz CT molecular complexity index is 570. The zero-order chi connectivity index (χ0) is 15.8. The van der Waals surface area contributed by atoms with Gasteiger partial charge in [0, 0.05) is 6.42 Å². The average molecular weight is 305 g/mol. The molecule has 0 aromatic heterocycles. The molecule has 8 heteroatoms. The average Bonchev–Trinajstić information content (AvgIpc) is 2.71. The lowest BCUT2D eigenvalue weighted by Gasteiger charge is -2.21. The van der Waals surface area contributed by atoms with E-state index < -0.39 is 48.2 Å².